The summed E-state index contributed by atoms with van der Waals surface area (Å²) >= 11 is 7.41. The van der Waals surface area contributed by atoms with Crippen LogP contribution >= 0.6 is 23.4 Å². The normalized spacial score (nSPS) is 15.7. The van der Waals surface area contributed by atoms with E-state index in [2.05, 4.69) is 20.2 Å². The maximum Gasteiger partial charge on any atom is 0.254 e. The summed E-state index contributed by atoms with van der Waals surface area (Å²) in [5.74, 6) is 0.115. The van der Waals surface area contributed by atoms with Gasteiger partial charge in [0.15, 0.2) is 5.16 Å². The van der Waals surface area contributed by atoms with Crippen molar-refractivity contribution in [2.75, 3.05) is 35.6 Å². The predicted octanol–water partition coefficient (Wildman–Crippen LogP) is 4.66. The van der Waals surface area contributed by atoms with Gasteiger partial charge in [-0.3, -0.25) is 9.59 Å². The van der Waals surface area contributed by atoms with Gasteiger partial charge in [0.1, 0.15) is 16.8 Å². The number of benzene rings is 2. The number of halogens is 2. The SMILES string of the molecule is Cc1ccc(C(=O)N2CCN(c3cc(Cl)nc(SCC(=O)Nc4ccc(F)cc4)n3)CC2C)cc1. The van der Waals surface area contributed by atoms with Crippen LogP contribution in [0.5, 0.6) is 0 Å². The molecular formula is C25H25ClFN5O2S. The lowest BCUT2D eigenvalue weighted by Crippen LogP contribution is -2.54. The second kappa shape index (κ2) is 11.0. The molecule has 182 valence electrons. The molecule has 1 saturated heterocycles. The van der Waals surface area contributed by atoms with Crippen LogP contribution in [0.1, 0.15) is 22.8 Å². The molecule has 0 aliphatic carbocycles. The molecule has 35 heavy (non-hydrogen) atoms. The fourth-order valence-electron chi connectivity index (χ4n) is 3.80. The number of rotatable bonds is 6. The third-order valence-corrected chi connectivity index (χ3v) is 6.67. The fourth-order valence-corrected chi connectivity index (χ4v) is 4.68. The van der Waals surface area contributed by atoms with Crippen LogP contribution in [-0.4, -0.2) is 58.1 Å². The van der Waals surface area contributed by atoms with E-state index in [1.54, 1.807) is 6.07 Å². The minimum atomic E-state index is -0.369. The Morgan fingerprint density at radius 1 is 1.11 bits per heavy atom. The van der Waals surface area contributed by atoms with Crippen LogP contribution in [0.15, 0.2) is 59.8 Å². The lowest BCUT2D eigenvalue weighted by molar-refractivity contribution is -0.113. The van der Waals surface area contributed by atoms with Crippen molar-refractivity contribution < 1.29 is 14.0 Å². The molecule has 4 rings (SSSR count). The Bertz CT molecular complexity index is 1210. The lowest BCUT2D eigenvalue weighted by Gasteiger charge is -2.40. The molecule has 1 aromatic heterocycles. The Kier molecular flexibility index (Phi) is 7.87. The largest absolute Gasteiger partial charge is 0.353 e. The smallest absolute Gasteiger partial charge is 0.254 e. The molecule has 2 heterocycles. The first-order chi connectivity index (χ1) is 16.8. The molecule has 0 radical (unpaired) electrons. The van der Waals surface area contributed by atoms with Crippen LogP contribution in [0.3, 0.4) is 0 Å². The van der Waals surface area contributed by atoms with E-state index >= 15 is 0 Å². The van der Waals surface area contributed by atoms with E-state index in [0.717, 1.165) is 17.3 Å². The molecule has 3 aromatic rings. The molecule has 1 fully saturated rings. The minimum absolute atomic E-state index is 0.0151. The summed E-state index contributed by atoms with van der Waals surface area (Å²) in [7, 11) is 0. The third-order valence-electron chi connectivity index (χ3n) is 5.63. The highest BCUT2D eigenvalue weighted by atomic mass is 35.5. The number of hydrogen-bond acceptors (Lipinski definition) is 6. The van der Waals surface area contributed by atoms with Crippen molar-refractivity contribution >= 4 is 46.7 Å². The summed E-state index contributed by atoms with van der Waals surface area (Å²) in [6, 6.07) is 14.8. The van der Waals surface area contributed by atoms with Crippen molar-refractivity contribution in [1.29, 1.82) is 0 Å². The van der Waals surface area contributed by atoms with E-state index in [-0.39, 0.29) is 34.6 Å². The highest BCUT2D eigenvalue weighted by Crippen LogP contribution is 2.25. The standard InChI is InChI=1S/C25H25ClFN5O2S/c1-16-3-5-18(6-4-16)24(34)32-12-11-31(14-17(32)2)22-13-21(26)29-25(30-22)35-15-23(33)28-20-9-7-19(27)8-10-20/h3-10,13,17H,11-12,14-15H2,1-2H3,(H,28,33). The maximum atomic E-state index is 13.0. The molecule has 0 spiro atoms. The molecular weight excluding hydrogens is 489 g/mol. The van der Waals surface area contributed by atoms with Crippen LogP contribution in [0.2, 0.25) is 5.15 Å². The van der Waals surface area contributed by atoms with Crippen molar-refractivity contribution in [3.8, 4) is 0 Å². The van der Waals surface area contributed by atoms with Crippen LogP contribution < -0.4 is 10.2 Å². The zero-order valence-corrected chi connectivity index (χ0v) is 20.9. The van der Waals surface area contributed by atoms with Crippen molar-refractivity contribution in [3.63, 3.8) is 0 Å². The van der Waals surface area contributed by atoms with E-state index in [1.807, 2.05) is 43.0 Å². The Labute approximate surface area is 212 Å². The highest BCUT2D eigenvalue weighted by molar-refractivity contribution is 7.99. The number of carbonyl (C=O) groups excluding carboxylic acids is 2. The molecule has 10 heteroatoms. The second-order valence-corrected chi connectivity index (χ2v) is 9.66. The van der Waals surface area contributed by atoms with Crippen molar-refractivity contribution in [1.82, 2.24) is 14.9 Å². The third kappa shape index (κ3) is 6.49. The predicted molar refractivity (Wildman–Crippen MR) is 137 cm³/mol. The number of carbonyl (C=O) groups is 2. The van der Waals surface area contributed by atoms with Gasteiger partial charge in [-0.05, 0) is 50.2 Å². The summed E-state index contributed by atoms with van der Waals surface area (Å²) in [5.41, 5.74) is 2.30. The molecule has 2 amide bonds. The van der Waals surface area contributed by atoms with E-state index in [1.165, 1.54) is 24.3 Å². The molecule has 0 bridgehead atoms. The van der Waals surface area contributed by atoms with E-state index in [0.29, 0.717) is 41.9 Å². The van der Waals surface area contributed by atoms with Gasteiger partial charge in [-0.15, -0.1) is 0 Å². The van der Waals surface area contributed by atoms with Crippen molar-refractivity contribution in [3.05, 3.63) is 76.7 Å². The minimum Gasteiger partial charge on any atom is -0.353 e. The molecule has 2 aromatic carbocycles. The van der Waals surface area contributed by atoms with Gasteiger partial charge in [-0.2, -0.15) is 0 Å². The molecule has 0 saturated carbocycles. The monoisotopic (exact) mass is 513 g/mol. The summed E-state index contributed by atoms with van der Waals surface area (Å²) in [6.07, 6.45) is 0. The number of anilines is 2. The molecule has 7 nitrogen and oxygen atoms in total. The van der Waals surface area contributed by atoms with Gasteiger partial charge in [0.2, 0.25) is 5.91 Å². The number of thioether (sulfide) groups is 1. The number of nitrogens with one attached hydrogen (secondary N) is 1. The van der Waals surface area contributed by atoms with E-state index < -0.39 is 0 Å². The number of hydrogen-bond donors (Lipinski definition) is 1. The van der Waals surface area contributed by atoms with Gasteiger partial charge in [-0.1, -0.05) is 41.1 Å². The maximum absolute atomic E-state index is 13.0. The van der Waals surface area contributed by atoms with Gasteiger partial charge < -0.3 is 15.1 Å². The van der Waals surface area contributed by atoms with E-state index in [9.17, 15) is 14.0 Å². The Balaban J connectivity index is 1.36. The van der Waals surface area contributed by atoms with Crippen molar-refractivity contribution in [2.24, 2.45) is 0 Å². The van der Waals surface area contributed by atoms with Crippen LogP contribution in [0.4, 0.5) is 15.9 Å². The summed E-state index contributed by atoms with van der Waals surface area (Å²) < 4.78 is 13.0. The van der Waals surface area contributed by atoms with Crippen LogP contribution in [0.25, 0.3) is 0 Å². The van der Waals surface area contributed by atoms with Crippen molar-refractivity contribution in [2.45, 2.75) is 25.0 Å². The zero-order chi connectivity index (χ0) is 24.9. The number of amides is 2. The topological polar surface area (TPSA) is 78.4 Å². The number of aryl methyl sites for hydroxylation is 1. The quantitative estimate of drug-likeness (QED) is 0.293. The number of piperazine rings is 1. The molecule has 1 aliphatic rings. The molecule has 1 unspecified atom stereocenters. The zero-order valence-electron chi connectivity index (χ0n) is 19.4. The van der Waals surface area contributed by atoms with Gasteiger partial charge in [0.25, 0.3) is 5.91 Å². The second-order valence-electron chi connectivity index (χ2n) is 8.33. The Hall–Kier alpha value is -3.17. The Morgan fingerprint density at radius 3 is 2.51 bits per heavy atom. The average Bonchev–Trinajstić information content (AvgIpc) is 2.84. The first-order valence-corrected chi connectivity index (χ1v) is 12.5. The van der Waals surface area contributed by atoms with Gasteiger partial charge in [0.05, 0.1) is 5.75 Å². The number of nitrogens with zero attached hydrogens (tertiary/aromatic N) is 4. The number of aromatic nitrogens is 2. The van der Waals surface area contributed by atoms with Crippen LogP contribution in [0, 0.1) is 12.7 Å². The van der Waals surface area contributed by atoms with Gasteiger partial charge >= 0.3 is 0 Å². The summed E-state index contributed by atoms with van der Waals surface area (Å²) in [5, 5.41) is 3.37. The fraction of sp³-hybridized carbons (Fsp3) is 0.280. The van der Waals surface area contributed by atoms with Gasteiger partial charge in [-0.25, -0.2) is 14.4 Å². The first kappa shape index (κ1) is 24.9. The summed E-state index contributed by atoms with van der Waals surface area (Å²) in [6.45, 7) is 5.76. The van der Waals surface area contributed by atoms with Crippen LogP contribution in [-0.2, 0) is 4.79 Å². The average molecular weight is 514 g/mol. The Morgan fingerprint density at radius 2 is 1.83 bits per heavy atom. The molecule has 1 aliphatic heterocycles. The lowest BCUT2D eigenvalue weighted by atomic mass is 10.1. The molecule has 1 atom stereocenters. The molecule has 1 N–H and O–H groups in total. The van der Waals surface area contributed by atoms with E-state index in [4.69, 9.17) is 11.6 Å². The highest BCUT2D eigenvalue weighted by Gasteiger charge is 2.29. The first-order valence-electron chi connectivity index (χ1n) is 11.1. The van der Waals surface area contributed by atoms with Gasteiger partial charge in [0, 0.05) is 43.0 Å². The summed E-state index contributed by atoms with van der Waals surface area (Å²) in [4.78, 5) is 38.0.